The van der Waals surface area contributed by atoms with Gasteiger partial charge in [-0.05, 0) is 30.4 Å². The van der Waals surface area contributed by atoms with E-state index < -0.39 is 5.60 Å². The SMILES string of the molecule is CCC(O)(CC)CN1C(=O)c2cccc3cccc1c23. The second-order valence-electron chi connectivity index (χ2n) is 5.50. The molecule has 104 valence electrons. The molecule has 0 radical (unpaired) electrons. The molecule has 0 spiro atoms. The quantitative estimate of drug-likeness (QED) is 0.924. The molecular weight excluding hydrogens is 250 g/mol. The third-order valence-electron chi connectivity index (χ3n) is 4.42. The Balaban J connectivity index is 2.09. The van der Waals surface area contributed by atoms with Gasteiger partial charge in [-0.15, -0.1) is 0 Å². The molecule has 0 fully saturated rings. The second kappa shape index (κ2) is 4.60. The summed E-state index contributed by atoms with van der Waals surface area (Å²) in [5.74, 6) is -0.00266. The molecule has 0 bridgehead atoms. The smallest absolute Gasteiger partial charge is 0.259 e. The van der Waals surface area contributed by atoms with Crippen LogP contribution in [0.25, 0.3) is 10.8 Å². The number of benzene rings is 2. The average Bonchev–Trinajstić information content (AvgIpc) is 2.75. The van der Waals surface area contributed by atoms with Gasteiger partial charge >= 0.3 is 0 Å². The summed E-state index contributed by atoms with van der Waals surface area (Å²) in [6, 6.07) is 11.7. The van der Waals surface area contributed by atoms with Crippen LogP contribution in [0.5, 0.6) is 0 Å². The van der Waals surface area contributed by atoms with E-state index in [2.05, 4.69) is 0 Å². The summed E-state index contributed by atoms with van der Waals surface area (Å²) in [6.07, 6.45) is 1.28. The topological polar surface area (TPSA) is 40.5 Å². The van der Waals surface area contributed by atoms with E-state index in [-0.39, 0.29) is 5.91 Å². The predicted molar refractivity (Wildman–Crippen MR) is 81.2 cm³/mol. The van der Waals surface area contributed by atoms with Crippen LogP contribution < -0.4 is 4.90 Å². The van der Waals surface area contributed by atoms with Crippen molar-refractivity contribution in [1.82, 2.24) is 0 Å². The van der Waals surface area contributed by atoms with Gasteiger partial charge in [0.1, 0.15) is 0 Å². The minimum absolute atomic E-state index is 0.00266. The first-order valence-electron chi connectivity index (χ1n) is 7.15. The highest BCUT2D eigenvalue weighted by Gasteiger charge is 2.35. The van der Waals surface area contributed by atoms with Gasteiger partial charge in [0.05, 0.1) is 17.8 Å². The third kappa shape index (κ3) is 1.81. The van der Waals surface area contributed by atoms with Gasteiger partial charge in [0, 0.05) is 10.9 Å². The summed E-state index contributed by atoms with van der Waals surface area (Å²) in [5.41, 5.74) is 0.843. The molecule has 2 aromatic rings. The molecule has 2 aromatic carbocycles. The molecule has 1 heterocycles. The van der Waals surface area contributed by atoms with Gasteiger partial charge in [0.2, 0.25) is 0 Å². The fourth-order valence-electron chi connectivity index (χ4n) is 2.90. The van der Waals surface area contributed by atoms with Crippen molar-refractivity contribution in [2.75, 3.05) is 11.4 Å². The van der Waals surface area contributed by atoms with E-state index in [4.69, 9.17) is 0 Å². The van der Waals surface area contributed by atoms with Crippen molar-refractivity contribution >= 4 is 22.4 Å². The van der Waals surface area contributed by atoms with Crippen LogP contribution in [0.4, 0.5) is 5.69 Å². The molecule has 1 aliphatic heterocycles. The minimum atomic E-state index is -0.820. The first kappa shape index (κ1) is 13.1. The third-order valence-corrected chi connectivity index (χ3v) is 4.42. The van der Waals surface area contributed by atoms with Crippen LogP contribution in [0.1, 0.15) is 37.0 Å². The molecule has 20 heavy (non-hydrogen) atoms. The number of carbonyl (C=O) groups is 1. The predicted octanol–water partition coefficient (Wildman–Crippen LogP) is 3.35. The summed E-state index contributed by atoms with van der Waals surface area (Å²) < 4.78 is 0. The average molecular weight is 269 g/mol. The van der Waals surface area contributed by atoms with Gasteiger partial charge < -0.3 is 10.0 Å². The fourth-order valence-corrected chi connectivity index (χ4v) is 2.90. The number of nitrogens with zero attached hydrogens (tertiary/aromatic N) is 1. The Morgan fingerprint density at radius 2 is 1.75 bits per heavy atom. The van der Waals surface area contributed by atoms with E-state index in [9.17, 15) is 9.90 Å². The zero-order valence-corrected chi connectivity index (χ0v) is 11.9. The van der Waals surface area contributed by atoms with Crippen LogP contribution >= 0.6 is 0 Å². The van der Waals surface area contributed by atoms with E-state index >= 15 is 0 Å². The molecule has 3 heteroatoms. The van der Waals surface area contributed by atoms with Gasteiger partial charge in [-0.25, -0.2) is 0 Å². The van der Waals surface area contributed by atoms with Crippen LogP contribution in [0, 0.1) is 0 Å². The van der Waals surface area contributed by atoms with E-state index in [1.54, 1.807) is 4.90 Å². The number of anilines is 1. The summed E-state index contributed by atoms with van der Waals surface area (Å²) in [4.78, 5) is 14.3. The summed E-state index contributed by atoms with van der Waals surface area (Å²) in [7, 11) is 0. The molecule has 3 rings (SSSR count). The Morgan fingerprint density at radius 1 is 1.10 bits per heavy atom. The van der Waals surface area contributed by atoms with Crippen molar-refractivity contribution in [2.24, 2.45) is 0 Å². The van der Waals surface area contributed by atoms with Crippen molar-refractivity contribution in [3.8, 4) is 0 Å². The number of aliphatic hydroxyl groups is 1. The van der Waals surface area contributed by atoms with E-state index in [0.717, 1.165) is 22.0 Å². The van der Waals surface area contributed by atoms with Crippen LogP contribution in [-0.4, -0.2) is 23.2 Å². The highest BCUT2D eigenvalue weighted by Crippen LogP contribution is 2.38. The maximum Gasteiger partial charge on any atom is 0.259 e. The van der Waals surface area contributed by atoms with Crippen LogP contribution in [0.3, 0.4) is 0 Å². The summed E-state index contributed by atoms with van der Waals surface area (Å²) in [5, 5.41) is 12.6. The fraction of sp³-hybridized carbons (Fsp3) is 0.353. The van der Waals surface area contributed by atoms with Crippen molar-refractivity contribution in [2.45, 2.75) is 32.3 Å². The largest absolute Gasteiger partial charge is 0.388 e. The lowest BCUT2D eigenvalue weighted by atomic mass is 9.96. The Hall–Kier alpha value is -1.87. The maximum absolute atomic E-state index is 12.6. The molecule has 0 atom stereocenters. The van der Waals surface area contributed by atoms with Gasteiger partial charge in [0.25, 0.3) is 5.91 Å². The summed E-state index contributed by atoms with van der Waals surface area (Å²) >= 11 is 0. The Kier molecular flexibility index (Phi) is 3.02. The first-order chi connectivity index (χ1) is 9.59. The van der Waals surface area contributed by atoms with E-state index in [1.807, 2.05) is 50.2 Å². The molecule has 0 saturated carbocycles. The Labute approximate surface area is 118 Å². The maximum atomic E-state index is 12.6. The van der Waals surface area contributed by atoms with E-state index in [0.29, 0.717) is 19.4 Å². The molecule has 3 nitrogen and oxygen atoms in total. The van der Waals surface area contributed by atoms with Gasteiger partial charge in [-0.2, -0.15) is 0 Å². The first-order valence-corrected chi connectivity index (χ1v) is 7.15. The highest BCUT2D eigenvalue weighted by molar-refractivity contribution is 6.25. The number of amides is 1. The molecule has 1 aliphatic rings. The number of hydrogen-bond donors (Lipinski definition) is 1. The lowest BCUT2D eigenvalue weighted by Crippen LogP contribution is -2.43. The van der Waals surface area contributed by atoms with Gasteiger partial charge in [-0.3, -0.25) is 4.79 Å². The van der Waals surface area contributed by atoms with E-state index in [1.165, 1.54) is 0 Å². The van der Waals surface area contributed by atoms with Crippen molar-refractivity contribution in [1.29, 1.82) is 0 Å². The second-order valence-corrected chi connectivity index (χ2v) is 5.50. The zero-order chi connectivity index (χ0) is 14.3. The number of rotatable bonds is 4. The lowest BCUT2D eigenvalue weighted by molar-refractivity contribution is 0.0382. The number of β-amino-alcohol motifs (C(OH)–C–C–N with tert-alkyl or cyclic N) is 1. The monoisotopic (exact) mass is 269 g/mol. The van der Waals surface area contributed by atoms with Crippen LogP contribution in [-0.2, 0) is 0 Å². The van der Waals surface area contributed by atoms with Crippen molar-refractivity contribution in [3.05, 3.63) is 42.0 Å². The molecule has 1 amide bonds. The minimum Gasteiger partial charge on any atom is -0.388 e. The Morgan fingerprint density at radius 3 is 2.40 bits per heavy atom. The molecule has 0 unspecified atom stereocenters. The van der Waals surface area contributed by atoms with Crippen LogP contribution in [0.15, 0.2) is 36.4 Å². The van der Waals surface area contributed by atoms with Crippen LogP contribution in [0.2, 0.25) is 0 Å². The molecular formula is C17H19NO2. The highest BCUT2D eigenvalue weighted by atomic mass is 16.3. The number of carbonyl (C=O) groups excluding carboxylic acids is 1. The van der Waals surface area contributed by atoms with Crippen molar-refractivity contribution < 1.29 is 9.90 Å². The molecule has 0 aliphatic carbocycles. The lowest BCUT2D eigenvalue weighted by Gasteiger charge is -2.31. The normalized spacial score (nSPS) is 14.3. The molecule has 1 N–H and O–H groups in total. The summed E-state index contributed by atoms with van der Waals surface area (Å²) in [6.45, 7) is 4.27. The van der Waals surface area contributed by atoms with Crippen molar-refractivity contribution in [3.63, 3.8) is 0 Å². The van der Waals surface area contributed by atoms with Gasteiger partial charge in [-0.1, -0.05) is 38.1 Å². The van der Waals surface area contributed by atoms with Gasteiger partial charge in [0.15, 0.2) is 0 Å². The Bertz CT molecular complexity index is 668. The zero-order valence-electron chi connectivity index (χ0n) is 11.9. The standard InChI is InChI=1S/C17H19NO2/c1-3-17(20,4-2)11-18-14-10-6-8-12-7-5-9-13(15(12)14)16(18)19/h5-10,20H,3-4,11H2,1-2H3. The molecule has 0 saturated heterocycles. The number of hydrogen-bond acceptors (Lipinski definition) is 2. The molecule has 0 aromatic heterocycles.